The SMILES string of the molecule is Clc1c(Cl)c(Cl)c(SC(Cn2ccnc2)C23CC4CC(CC(C4)C2)C3)c(Cl)c1Cl. The lowest BCUT2D eigenvalue weighted by Crippen LogP contribution is -2.51. The van der Waals surface area contributed by atoms with Crippen LogP contribution in [0, 0.1) is 23.2 Å². The minimum absolute atomic E-state index is 0.216. The summed E-state index contributed by atoms with van der Waals surface area (Å²) in [6.07, 6.45) is 13.8. The summed E-state index contributed by atoms with van der Waals surface area (Å²) >= 11 is 33.9. The first-order valence-electron chi connectivity index (χ1n) is 10.00. The van der Waals surface area contributed by atoms with Crippen LogP contribution in [0.1, 0.15) is 38.5 Å². The molecule has 0 spiro atoms. The van der Waals surface area contributed by atoms with Gasteiger partial charge in [0.2, 0.25) is 0 Å². The van der Waals surface area contributed by atoms with Crippen molar-refractivity contribution in [3.63, 3.8) is 0 Å². The molecular weight excluding hydrogens is 490 g/mol. The lowest BCUT2D eigenvalue weighted by molar-refractivity contribution is -0.0553. The average Bonchev–Trinajstić information content (AvgIpc) is 3.19. The second kappa shape index (κ2) is 7.98. The molecule has 4 saturated carbocycles. The number of nitrogens with zero attached hydrogens (tertiary/aromatic N) is 2. The molecule has 0 radical (unpaired) electrons. The van der Waals surface area contributed by atoms with Gasteiger partial charge in [-0.1, -0.05) is 58.0 Å². The van der Waals surface area contributed by atoms with Crippen LogP contribution in [0.3, 0.4) is 0 Å². The second-order valence-electron chi connectivity index (χ2n) is 9.04. The maximum atomic E-state index is 6.61. The first-order valence-corrected chi connectivity index (χ1v) is 12.8. The van der Waals surface area contributed by atoms with Gasteiger partial charge in [-0.05, 0) is 61.7 Å². The Kier molecular flexibility index (Phi) is 5.80. The molecule has 0 saturated heterocycles. The third-order valence-corrected chi connectivity index (χ3v) is 11.2. The van der Waals surface area contributed by atoms with Gasteiger partial charge in [0.25, 0.3) is 0 Å². The summed E-state index contributed by atoms with van der Waals surface area (Å²) in [7, 11) is 0. The van der Waals surface area contributed by atoms with E-state index < -0.39 is 0 Å². The number of aromatic nitrogens is 2. The van der Waals surface area contributed by atoms with Gasteiger partial charge in [-0.15, -0.1) is 11.8 Å². The lowest BCUT2D eigenvalue weighted by Gasteiger charge is -2.59. The van der Waals surface area contributed by atoms with E-state index in [-0.39, 0.29) is 20.5 Å². The van der Waals surface area contributed by atoms with Crippen molar-refractivity contribution in [2.24, 2.45) is 23.2 Å². The Morgan fingerprint density at radius 1 is 0.897 bits per heavy atom. The molecule has 4 bridgehead atoms. The molecule has 0 amide bonds. The third kappa shape index (κ3) is 3.72. The predicted octanol–water partition coefficient (Wildman–Crippen LogP) is 8.53. The van der Waals surface area contributed by atoms with E-state index in [1.165, 1.54) is 38.5 Å². The van der Waals surface area contributed by atoms with E-state index in [4.69, 9.17) is 58.0 Å². The number of rotatable bonds is 5. The van der Waals surface area contributed by atoms with Crippen LogP contribution in [0.2, 0.25) is 25.1 Å². The Morgan fingerprint density at radius 2 is 1.41 bits per heavy atom. The molecule has 156 valence electrons. The molecule has 4 aliphatic carbocycles. The molecule has 2 aromatic rings. The van der Waals surface area contributed by atoms with E-state index in [9.17, 15) is 0 Å². The van der Waals surface area contributed by atoms with E-state index in [0.29, 0.717) is 15.3 Å². The summed E-state index contributed by atoms with van der Waals surface area (Å²) in [5, 5.41) is 1.88. The molecule has 8 heteroatoms. The molecule has 0 N–H and O–H groups in total. The molecular formula is C21H21Cl5N2S. The highest BCUT2D eigenvalue weighted by Crippen LogP contribution is 2.64. The van der Waals surface area contributed by atoms with Crippen molar-refractivity contribution in [2.45, 2.75) is 55.2 Å². The number of thioether (sulfide) groups is 1. The van der Waals surface area contributed by atoms with E-state index in [1.807, 2.05) is 18.7 Å². The number of hydrogen-bond acceptors (Lipinski definition) is 2. The summed E-state index contributed by atoms with van der Waals surface area (Å²) < 4.78 is 2.16. The van der Waals surface area contributed by atoms with Gasteiger partial charge in [-0.3, -0.25) is 0 Å². The Hall–Kier alpha value is 0.230. The van der Waals surface area contributed by atoms with Crippen molar-refractivity contribution in [1.82, 2.24) is 9.55 Å². The second-order valence-corrected chi connectivity index (χ2v) is 12.1. The zero-order valence-electron chi connectivity index (χ0n) is 15.7. The topological polar surface area (TPSA) is 17.8 Å². The molecule has 1 aromatic carbocycles. The number of halogens is 5. The van der Waals surface area contributed by atoms with Gasteiger partial charge in [0.05, 0.1) is 31.4 Å². The molecule has 4 aliphatic rings. The molecule has 1 aromatic heterocycles. The van der Waals surface area contributed by atoms with E-state index in [1.54, 1.807) is 11.8 Å². The van der Waals surface area contributed by atoms with Crippen molar-refractivity contribution < 1.29 is 0 Å². The molecule has 1 atom stereocenters. The van der Waals surface area contributed by atoms with E-state index in [0.717, 1.165) is 29.2 Å². The zero-order valence-corrected chi connectivity index (χ0v) is 20.3. The van der Waals surface area contributed by atoms with Gasteiger partial charge >= 0.3 is 0 Å². The maximum Gasteiger partial charge on any atom is 0.0946 e. The monoisotopic (exact) mass is 508 g/mol. The highest BCUT2D eigenvalue weighted by molar-refractivity contribution is 8.00. The average molecular weight is 511 g/mol. The molecule has 1 heterocycles. The first kappa shape index (κ1) is 21.1. The van der Waals surface area contributed by atoms with Crippen molar-refractivity contribution >= 4 is 69.8 Å². The van der Waals surface area contributed by atoms with Gasteiger partial charge in [-0.25, -0.2) is 4.98 Å². The van der Waals surface area contributed by atoms with Crippen LogP contribution in [-0.4, -0.2) is 14.8 Å². The molecule has 0 aliphatic heterocycles. The number of imidazole rings is 1. The van der Waals surface area contributed by atoms with Crippen LogP contribution in [-0.2, 0) is 6.54 Å². The number of benzene rings is 1. The van der Waals surface area contributed by atoms with Crippen molar-refractivity contribution in [3.05, 3.63) is 43.8 Å². The van der Waals surface area contributed by atoms with Crippen LogP contribution in [0.4, 0.5) is 0 Å². The smallest absolute Gasteiger partial charge is 0.0946 e. The van der Waals surface area contributed by atoms with Gasteiger partial charge in [-0.2, -0.15) is 0 Å². The van der Waals surface area contributed by atoms with E-state index in [2.05, 4.69) is 9.55 Å². The van der Waals surface area contributed by atoms with Crippen LogP contribution < -0.4 is 0 Å². The summed E-state index contributed by atoms with van der Waals surface area (Å²) in [5.74, 6) is 2.57. The van der Waals surface area contributed by atoms with Gasteiger partial charge < -0.3 is 4.57 Å². The Labute approximate surface area is 200 Å². The summed E-state index contributed by atoms with van der Waals surface area (Å²) in [5.41, 5.74) is 0.287. The van der Waals surface area contributed by atoms with Crippen LogP contribution in [0.5, 0.6) is 0 Å². The van der Waals surface area contributed by atoms with Crippen molar-refractivity contribution in [2.75, 3.05) is 0 Å². The highest BCUT2D eigenvalue weighted by atomic mass is 35.5. The normalized spacial score (nSPS) is 31.4. The Balaban J connectivity index is 1.54. The predicted molar refractivity (Wildman–Crippen MR) is 124 cm³/mol. The minimum atomic E-state index is 0.216. The zero-order chi connectivity index (χ0) is 20.3. The van der Waals surface area contributed by atoms with Gasteiger partial charge in [0.1, 0.15) is 0 Å². The van der Waals surface area contributed by atoms with Crippen molar-refractivity contribution in [1.29, 1.82) is 0 Å². The Morgan fingerprint density at radius 3 is 1.90 bits per heavy atom. The van der Waals surface area contributed by atoms with Crippen LogP contribution in [0.25, 0.3) is 0 Å². The highest BCUT2D eigenvalue weighted by Gasteiger charge is 2.54. The lowest BCUT2D eigenvalue weighted by atomic mass is 9.48. The molecule has 29 heavy (non-hydrogen) atoms. The molecule has 2 nitrogen and oxygen atoms in total. The minimum Gasteiger partial charge on any atom is -0.336 e. The van der Waals surface area contributed by atoms with Gasteiger partial charge in [0.15, 0.2) is 0 Å². The maximum absolute atomic E-state index is 6.61. The largest absolute Gasteiger partial charge is 0.336 e. The Bertz CT molecular complexity index is 865. The van der Waals surface area contributed by atoms with Gasteiger partial charge in [0, 0.05) is 29.1 Å². The number of hydrogen-bond donors (Lipinski definition) is 0. The van der Waals surface area contributed by atoms with E-state index >= 15 is 0 Å². The third-order valence-electron chi connectivity index (χ3n) is 7.13. The summed E-state index contributed by atoms with van der Waals surface area (Å²) in [6.45, 7) is 0.862. The fraction of sp³-hybridized carbons (Fsp3) is 0.571. The van der Waals surface area contributed by atoms with Crippen LogP contribution >= 0.6 is 69.8 Å². The van der Waals surface area contributed by atoms with Crippen LogP contribution in [0.15, 0.2) is 23.6 Å². The fourth-order valence-corrected chi connectivity index (χ4v) is 9.34. The molecule has 4 fully saturated rings. The standard InChI is InChI=1S/C21H21Cl5N2S/c22-15-16(23)18(25)20(19(26)17(15)24)29-14(9-28-2-1-27-10-28)21-6-11-3-12(7-21)5-13(4-11)8-21/h1-2,10-14H,3-9H2. The first-order chi connectivity index (χ1) is 13.9. The summed E-state index contributed by atoms with van der Waals surface area (Å²) in [4.78, 5) is 4.99. The fourth-order valence-electron chi connectivity index (χ4n) is 6.34. The van der Waals surface area contributed by atoms with Crippen molar-refractivity contribution in [3.8, 4) is 0 Å². The molecule has 1 unspecified atom stereocenters. The quantitative estimate of drug-likeness (QED) is 0.228. The summed E-state index contributed by atoms with van der Waals surface area (Å²) in [6, 6.07) is 0. The molecule has 6 rings (SSSR count).